The highest BCUT2D eigenvalue weighted by atomic mass is 79.9. The van der Waals surface area contributed by atoms with Gasteiger partial charge in [0.25, 0.3) is 0 Å². The first-order valence-corrected chi connectivity index (χ1v) is 9.81. The summed E-state index contributed by atoms with van der Waals surface area (Å²) in [5, 5.41) is 10.0. The van der Waals surface area contributed by atoms with Crippen LogP contribution in [0.2, 0.25) is 0 Å². The summed E-state index contributed by atoms with van der Waals surface area (Å²) >= 11 is 3.59. The van der Waals surface area contributed by atoms with Crippen LogP contribution in [-0.4, -0.2) is 28.3 Å². The summed E-state index contributed by atoms with van der Waals surface area (Å²) in [6, 6.07) is 6.01. The van der Waals surface area contributed by atoms with Gasteiger partial charge in [0.2, 0.25) is 0 Å². The van der Waals surface area contributed by atoms with Crippen molar-refractivity contribution < 1.29 is 14.6 Å². The molecule has 26 heavy (non-hydrogen) atoms. The number of carbonyl (C=O) groups excluding carboxylic acids is 1. The fourth-order valence-electron chi connectivity index (χ4n) is 2.69. The zero-order valence-corrected chi connectivity index (χ0v) is 18.2. The minimum atomic E-state index is -0.450. The maximum atomic E-state index is 11.6. The fourth-order valence-corrected chi connectivity index (χ4v) is 3.47. The van der Waals surface area contributed by atoms with E-state index in [1.807, 2.05) is 52.8 Å². The Morgan fingerprint density at radius 3 is 2.42 bits per heavy atom. The number of ether oxygens (including phenoxy) is 1. The molecule has 0 bridgehead atoms. The Kier molecular flexibility index (Phi) is 8.71. The Morgan fingerprint density at radius 2 is 1.92 bits per heavy atom. The first-order valence-electron chi connectivity index (χ1n) is 9.02. The van der Waals surface area contributed by atoms with Gasteiger partial charge in [0.1, 0.15) is 0 Å². The zero-order chi connectivity index (χ0) is 19.9. The van der Waals surface area contributed by atoms with E-state index in [0.29, 0.717) is 6.61 Å². The monoisotopic (exact) mass is 423 g/mol. The molecule has 144 valence electrons. The topological polar surface area (TPSA) is 59.4 Å². The molecule has 1 heterocycles. The highest BCUT2D eigenvalue weighted by Gasteiger charge is 2.14. The van der Waals surface area contributed by atoms with Crippen LogP contribution in [0.4, 0.5) is 0 Å². The second kappa shape index (κ2) is 10.0. The Bertz CT molecular complexity index is 751. The first kappa shape index (κ1) is 22.6. The minimum absolute atomic E-state index is 0.203. The van der Waals surface area contributed by atoms with Gasteiger partial charge in [-0.05, 0) is 86.3 Å². The van der Waals surface area contributed by atoms with E-state index in [2.05, 4.69) is 27.8 Å². The second-order valence-electron chi connectivity index (χ2n) is 7.05. The summed E-state index contributed by atoms with van der Waals surface area (Å²) < 4.78 is 5.94. The van der Waals surface area contributed by atoms with Gasteiger partial charge in [0.05, 0.1) is 24.1 Å². The minimum Gasteiger partial charge on any atom is -0.466 e. The average Bonchev–Trinajstić information content (AvgIpc) is 2.51. The molecule has 0 spiro atoms. The number of benzene rings is 1. The standard InChI is InChI=1S/C15H16BrNO2.C6H14O/c1-4-19-14(18)8-12-9(2)7-13-11(15(12)16)6-5-10(3)17-13;1-4-5-6(2,3)7/h5-7H,4,8H2,1-3H3;7H,4-5H2,1-3H3. The Labute approximate surface area is 165 Å². The van der Waals surface area contributed by atoms with Crippen LogP contribution in [-0.2, 0) is 16.0 Å². The molecule has 2 rings (SSSR count). The number of nitrogens with zero attached hydrogens (tertiary/aromatic N) is 1. The van der Waals surface area contributed by atoms with Crippen molar-refractivity contribution in [2.45, 2.75) is 66.4 Å². The lowest BCUT2D eigenvalue weighted by molar-refractivity contribution is -0.142. The Morgan fingerprint density at radius 1 is 1.27 bits per heavy atom. The number of rotatable bonds is 5. The van der Waals surface area contributed by atoms with Crippen molar-refractivity contribution in [2.75, 3.05) is 6.61 Å². The molecule has 5 heteroatoms. The summed E-state index contributed by atoms with van der Waals surface area (Å²) in [7, 11) is 0. The molecule has 1 aromatic carbocycles. The molecule has 0 unspecified atom stereocenters. The normalized spacial score (nSPS) is 11.1. The molecular formula is C21H30BrNO3. The number of esters is 1. The van der Waals surface area contributed by atoms with Crippen molar-refractivity contribution >= 4 is 32.8 Å². The van der Waals surface area contributed by atoms with E-state index in [1.54, 1.807) is 0 Å². The number of halogens is 1. The van der Waals surface area contributed by atoms with Gasteiger partial charge in [0.15, 0.2) is 0 Å². The van der Waals surface area contributed by atoms with E-state index >= 15 is 0 Å². The molecule has 0 fully saturated rings. The van der Waals surface area contributed by atoms with E-state index < -0.39 is 5.60 Å². The third-order valence-electron chi connectivity index (χ3n) is 3.88. The first-order chi connectivity index (χ1) is 12.1. The summed E-state index contributed by atoms with van der Waals surface area (Å²) in [4.78, 5) is 16.2. The molecule has 0 saturated carbocycles. The van der Waals surface area contributed by atoms with Crippen molar-refractivity contribution in [3.8, 4) is 0 Å². The van der Waals surface area contributed by atoms with Crippen LogP contribution in [0.25, 0.3) is 10.9 Å². The molecule has 0 aliphatic rings. The van der Waals surface area contributed by atoms with Crippen LogP contribution >= 0.6 is 15.9 Å². The van der Waals surface area contributed by atoms with Gasteiger partial charge in [-0.1, -0.05) is 13.3 Å². The lowest BCUT2D eigenvalue weighted by Crippen LogP contribution is -2.16. The third-order valence-corrected chi connectivity index (χ3v) is 4.79. The predicted octanol–water partition coefficient (Wildman–Crippen LogP) is 5.28. The SMILES string of the molecule is CCCC(C)(C)O.CCOC(=O)Cc1c(C)cc2nc(C)ccc2c1Br. The van der Waals surface area contributed by atoms with Crippen molar-refractivity contribution in [2.24, 2.45) is 0 Å². The van der Waals surface area contributed by atoms with Gasteiger partial charge in [-0.25, -0.2) is 0 Å². The quantitative estimate of drug-likeness (QED) is 0.664. The van der Waals surface area contributed by atoms with Crippen molar-refractivity contribution in [1.29, 1.82) is 0 Å². The fraction of sp³-hybridized carbons (Fsp3) is 0.524. The summed E-state index contributed by atoms with van der Waals surface area (Å²) in [5.74, 6) is -0.203. The number of aryl methyl sites for hydroxylation is 2. The highest BCUT2D eigenvalue weighted by Crippen LogP contribution is 2.30. The van der Waals surface area contributed by atoms with Crippen LogP contribution in [0.15, 0.2) is 22.7 Å². The van der Waals surface area contributed by atoms with E-state index in [1.165, 1.54) is 0 Å². The number of aliphatic hydroxyl groups is 1. The molecule has 1 N–H and O–H groups in total. The van der Waals surface area contributed by atoms with Gasteiger partial charge in [-0.2, -0.15) is 0 Å². The molecule has 0 aliphatic carbocycles. The molecule has 1 aromatic heterocycles. The van der Waals surface area contributed by atoms with Gasteiger partial charge in [-0.15, -0.1) is 0 Å². The van der Waals surface area contributed by atoms with Gasteiger partial charge in [0, 0.05) is 15.6 Å². The molecule has 0 atom stereocenters. The molecule has 4 nitrogen and oxygen atoms in total. The molecule has 0 saturated heterocycles. The van der Waals surface area contributed by atoms with Crippen LogP contribution in [0, 0.1) is 13.8 Å². The number of hydrogen-bond donors (Lipinski definition) is 1. The van der Waals surface area contributed by atoms with Crippen LogP contribution < -0.4 is 0 Å². The number of aromatic nitrogens is 1. The maximum Gasteiger partial charge on any atom is 0.310 e. The highest BCUT2D eigenvalue weighted by molar-refractivity contribution is 9.10. The number of carbonyl (C=O) groups is 1. The second-order valence-corrected chi connectivity index (χ2v) is 7.84. The lowest BCUT2D eigenvalue weighted by atomic mass is 10.0. The van der Waals surface area contributed by atoms with Crippen molar-refractivity contribution in [3.63, 3.8) is 0 Å². The van der Waals surface area contributed by atoms with E-state index in [4.69, 9.17) is 9.84 Å². The largest absolute Gasteiger partial charge is 0.466 e. The summed E-state index contributed by atoms with van der Waals surface area (Å²) in [5.41, 5.74) is 3.49. The number of hydrogen-bond acceptors (Lipinski definition) is 4. The molecular weight excluding hydrogens is 394 g/mol. The Hall–Kier alpha value is -1.46. The van der Waals surface area contributed by atoms with E-state index in [0.717, 1.165) is 45.0 Å². The summed E-state index contributed by atoms with van der Waals surface area (Å²) in [6.45, 7) is 11.9. The molecule has 0 aliphatic heterocycles. The average molecular weight is 424 g/mol. The zero-order valence-electron chi connectivity index (χ0n) is 16.6. The van der Waals surface area contributed by atoms with Crippen molar-refractivity contribution in [1.82, 2.24) is 4.98 Å². The van der Waals surface area contributed by atoms with E-state index in [9.17, 15) is 4.79 Å². The van der Waals surface area contributed by atoms with Gasteiger partial charge < -0.3 is 9.84 Å². The molecule has 0 amide bonds. The van der Waals surface area contributed by atoms with Gasteiger partial charge >= 0.3 is 5.97 Å². The molecule has 2 aromatic rings. The molecule has 0 radical (unpaired) electrons. The lowest BCUT2D eigenvalue weighted by Gasteiger charge is -2.14. The maximum absolute atomic E-state index is 11.6. The summed E-state index contributed by atoms with van der Waals surface area (Å²) in [6.07, 6.45) is 2.24. The smallest absolute Gasteiger partial charge is 0.310 e. The number of pyridine rings is 1. The Balaban J connectivity index is 0.000000412. The third kappa shape index (κ3) is 7.04. The van der Waals surface area contributed by atoms with Crippen LogP contribution in [0.3, 0.4) is 0 Å². The van der Waals surface area contributed by atoms with E-state index in [-0.39, 0.29) is 12.4 Å². The van der Waals surface area contributed by atoms with Gasteiger partial charge in [-0.3, -0.25) is 9.78 Å². The number of fused-ring (bicyclic) bond motifs is 1. The van der Waals surface area contributed by atoms with Crippen molar-refractivity contribution in [3.05, 3.63) is 39.5 Å². The van der Waals surface area contributed by atoms with Crippen LogP contribution in [0.1, 0.15) is 57.4 Å². The van der Waals surface area contributed by atoms with Crippen LogP contribution in [0.5, 0.6) is 0 Å². The predicted molar refractivity (Wildman–Crippen MR) is 110 cm³/mol.